The van der Waals surface area contributed by atoms with Crippen molar-refractivity contribution in [3.63, 3.8) is 0 Å². The Morgan fingerprint density at radius 2 is 2.00 bits per heavy atom. The Kier molecular flexibility index (Phi) is 7.49. The Morgan fingerprint density at radius 3 is 2.65 bits per heavy atom. The number of nitrogens with one attached hydrogen (secondary N) is 1. The van der Waals surface area contributed by atoms with Gasteiger partial charge in [0.15, 0.2) is 6.61 Å². The first-order valence-corrected chi connectivity index (χ1v) is 8.85. The summed E-state index contributed by atoms with van der Waals surface area (Å²) in [5.74, 6) is -0.147. The van der Waals surface area contributed by atoms with Gasteiger partial charge in [0.25, 0.3) is 11.6 Å². The van der Waals surface area contributed by atoms with Crippen molar-refractivity contribution < 1.29 is 14.5 Å². The number of nitro groups is 1. The second-order valence-electron chi connectivity index (χ2n) is 4.89. The first-order valence-electron chi connectivity index (χ1n) is 7.26. The van der Waals surface area contributed by atoms with Crippen LogP contribution in [0.3, 0.4) is 0 Å². The third-order valence-corrected chi connectivity index (χ3v) is 4.02. The summed E-state index contributed by atoms with van der Waals surface area (Å²) in [6, 6.07) is 13.6. The minimum atomic E-state index is -0.517. The molecule has 0 aromatic heterocycles. The highest BCUT2D eigenvalue weighted by Crippen LogP contribution is 2.28. The number of nitro benzene ring substituents is 1. The molecule has 9 heteroatoms. The van der Waals surface area contributed by atoms with Crippen LogP contribution in [0, 0.1) is 10.1 Å². The number of benzene rings is 2. The van der Waals surface area contributed by atoms with Crippen LogP contribution in [-0.2, 0) is 4.79 Å². The van der Waals surface area contributed by atoms with Gasteiger partial charge in [-0.25, -0.2) is 5.43 Å². The summed E-state index contributed by atoms with van der Waals surface area (Å²) < 4.78 is 6.37. The number of allylic oxidation sites excluding steroid dienone is 1. The molecule has 0 aliphatic carbocycles. The number of carbonyl (C=O) groups excluding carboxylic acids is 1. The number of rotatable bonds is 7. The maximum absolute atomic E-state index is 11.7. The van der Waals surface area contributed by atoms with Gasteiger partial charge >= 0.3 is 0 Å². The van der Waals surface area contributed by atoms with Gasteiger partial charge in [0, 0.05) is 16.6 Å². The standard InChI is InChI=1S/C17H13Br2N3O4/c18-13(8-12-4-2-1-3-5-12)10-20-21-17(23)11-26-16-7-6-14(22(24)25)9-15(16)19/h1-10H,11H2,(H,21,23)/b13-8-,20-10+. The van der Waals surface area contributed by atoms with Crippen LogP contribution < -0.4 is 10.2 Å². The van der Waals surface area contributed by atoms with Gasteiger partial charge < -0.3 is 4.74 Å². The molecule has 0 spiro atoms. The molecule has 1 N–H and O–H groups in total. The van der Waals surface area contributed by atoms with Crippen LogP contribution in [0.15, 0.2) is 62.6 Å². The topological polar surface area (TPSA) is 93.8 Å². The Morgan fingerprint density at radius 1 is 1.27 bits per heavy atom. The number of carbonyl (C=O) groups is 1. The summed E-state index contributed by atoms with van der Waals surface area (Å²) in [5, 5.41) is 14.5. The highest BCUT2D eigenvalue weighted by Gasteiger charge is 2.11. The number of ether oxygens (including phenoxy) is 1. The van der Waals surface area contributed by atoms with Gasteiger partial charge in [-0.1, -0.05) is 30.3 Å². The zero-order valence-electron chi connectivity index (χ0n) is 13.3. The van der Waals surface area contributed by atoms with E-state index in [4.69, 9.17) is 4.74 Å². The van der Waals surface area contributed by atoms with E-state index < -0.39 is 10.8 Å². The molecule has 134 valence electrons. The van der Waals surface area contributed by atoms with Crippen molar-refractivity contribution in [2.75, 3.05) is 6.61 Å². The Balaban J connectivity index is 1.84. The van der Waals surface area contributed by atoms with Crippen molar-refractivity contribution in [1.82, 2.24) is 5.43 Å². The van der Waals surface area contributed by atoms with Gasteiger partial charge in [0.05, 0.1) is 15.6 Å². The van der Waals surface area contributed by atoms with Crippen LogP contribution in [0.1, 0.15) is 5.56 Å². The molecule has 26 heavy (non-hydrogen) atoms. The molecule has 2 rings (SSSR count). The lowest BCUT2D eigenvalue weighted by atomic mass is 10.2. The van der Waals surface area contributed by atoms with E-state index in [-0.39, 0.29) is 12.3 Å². The second-order valence-corrected chi connectivity index (χ2v) is 6.66. The van der Waals surface area contributed by atoms with Gasteiger partial charge in [-0.3, -0.25) is 14.9 Å². The van der Waals surface area contributed by atoms with Crippen LogP contribution in [0.5, 0.6) is 5.75 Å². The number of hydrogen-bond donors (Lipinski definition) is 1. The fraction of sp³-hybridized carbons (Fsp3) is 0.0588. The Bertz CT molecular complexity index is 854. The lowest BCUT2D eigenvalue weighted by Gasteiger charge is -2.06. The SMILES string of the molecule is O=C(COc1ccc([N+](=O)[O-])cc1Br)N/N=C/C(Br)=C/c1ccccc1. The lowest BCUT2D eigenvalue weighted by Crippen LogP contribution is -2.24. The molecule has 0 aliphatic rings. The predicted molar refractivity (Wildman–Crippen MR) is 106 cm³/mol. The van der Waals surface area contributed by atoms with E-state index in [1.807, 2.05) is 36.4 Å². The smallest absolute Gasteiger partial charge is 0.277 e. The molecule has 0 atom stereocenters. The molecular weight excluding hydrogens is 470 g/mol. The van der Waals surface area contributed by atoms with Gasteiger partial charge in [-0.2, -0.15) is 5.10 Å². The fourth-order valence-corrected chi connectivity index (χ4v) is 2.66. The van der Waals surface area contributed by atoms with Crippen molar-refractivity contribution >= 4 is 55.7 Å². The van der Waals surface area contributed by atoms with Gasteiger partial charge in [0.1, 0.15) is 5.75 Å². The molecule has 2 aromatic carbocycles. The molecule has 0 fully saturated rings. The van der Waals surface area contributed by atoms with Crippen molar-refractivity contribution in [1.29, 1.82) is 0 Å². The highest BCUT2D eigenvalue weighted by atomic mass is 79.9. The molecule has 0 unspecified atom stereocenters. The van der Waals surface area contributed by atoms with Crippen molar-refractivity contribution in [3.05, 3.63) is 73.2 Å². The maximum atomic E-state index is 11.7. The summed E-state index contributed by atoms with van der Waals surface area (Å²) in [4.78, 5) is 21.9. The average Bonchev–Trinajstić information content (AvgIpc) is 2.61. The molecule has 0 radical (unpaired) electrons. The van der Waals surface area contributed by atoms with E-state index in [9.17, 15) is 14.9 Å². The van der Waals surface area contributed by atoms with Crippen LogP contribution in [0.25, 0.3) is 6.08 Å². The number of halogens is 2. The van der Waals surface area contributed by atoms with Gasteiger partial charge in [0.2, 0.25) is 0 Å². The third kappa shape index (κ3) is 6.41. The van der Waals surface area contributed by atoms with Gasteiger partial charge in [-0.05, 0) is 49.6 Å². The summed E-state index contributed by atoms with van der Waals surface area (Å²) in [5.41, 5.74) is 3.24. The largest absolute Gasteiger partial charge is 0.483 e. The minimum absolute atomic E-state index is 0.0756. The van der Waals surface area contributed by atoms with E-state index in [0.29, 0.717) is 14.7 Å². The third-order valence-electron chi connectivity index (χ3n) is 2.97. The van der Waals surface area contributed by atoms with Crippen LogP contribution in [-0.4, -0.2) is 23.7 Å². The second kappa shape index (κ2) is 9.83. The number of non-ortho nitro benzene ring substituents is 1. The molecule has 7 nitrogen and oxygen atoms in total. The van der Waals surface area contributed by atoms with Crippen LogP contribution in [0.4, 0.5) is 5.69 Å². The van der Waals surface area contributed by atoms with Gasteiger partial charge in [-0.15, -0.1) is 0 Å². The predicted octanol–water partition coefficient (Wildman–Crippen LogP) is 4.27. The summed E-state index contributed by atoms with van der Waals surface area (Å²) in [6.07, 6.45) is 3.30. The van der Waals surface area contributed by atoms with Crippen molar-refractivity contribution in [2.24, 2.45) is 5.10 Å². The molecule has 0 heterocycles. The summed E-state index contributed by atoms with van der Waals surface area (Å²) >= 11 is 6.50. The number of nitrogens with zero attached hydrogens (tertiary/aromatic N) is 2. The van der Waals surface area contributed by atoms with E-state index in [2.05, 4.69) is 42.4 Å². The van der Waals surface area contributed by atoms with E-state index in [1.165, 1.54) is 24.4 Å². The minimum Gasteiger partial charge on any atom is -0.483 e. The normalized spacial score (nSPS) is 11.4. The lowest BCUT2D eigenvalue weighted by molar-refractivity contribution is -0.384. The molecule has 0 saturated carbocycles. The number of hydrogen-bond acceptors (Lipinski definition) is 5. The molecule has 2 aromatic rings. The average molecular weight is 483 g/mol. The first kappa shape index (κ1) is 19.8. The van der Waals surface area contributed by atoms with E-state index >= 15 is 0 Å². The zero-order chi connectivity index (χ0) is 18.9. The molecule has 0 bridgehead atoms. The number of amides is 1. The zero-order valence-corrected chi connectivity index (χ0v) is 16.4. The molecular formula is C17H13Br2N3O4. The van der Waals surface area contributed by atoms with Crippen molar-refractivity contribution in [3.8, 4) is 5.75 Å². The molecule has 0 saturated heterocycles. The monoisotopic (exact) mass is 481 g/mol. The van der Waals surface area contributed by atoms with E-state index in [0.717, 1.165) is 5.56 Å². The first-order chi connectivity index (χ1) is 12.5. The van der Waals surface area contributed by atoms with E-state index in [1.54, 1.807) is 0 Å². The summed E-state index contributed by atoms with van der Waals surface area (Å²) in [7, 11) is 0. The van der Waals surface area contributed by atoms with Crippen LogP contribution >= 0.6 is 31.9 Å². The number of hydrazone groups is 1. The molecule has 0 aliphatic heterocycles. The Labute approximate surface area is 166 Å². The Hall–Kier alpha value is -2.52. The fourth-order valence-electron chi connectivity index (χ4n) is 1.81. The van der Waals surface area contributed by atoms with Crippen molar-refractivity contribution in [2.45, 2.75) is 0 Å². The maximum Gasteiger partial charge on any atom is 0.277 e. The van der Waals surface area contributed by atoms with Crippen LogP contribution in [0.2, 0.25) is 0 Å². The summed E-state index contributed by atoms with van der Waals surface area (Å²) in [6.45, 7) is -0.284. The highest BCUT2D eigenvalue weighted by molar-refractivity contribution is 9.12. The molecule has 1 amide bonds. The quantitative estimate of drug-likeness (QED) is 0.362.